The summed E-state index contributed by atoms with van der Waals surface area (Å²) in [5, 5.41) is 14.4. The van der Waals surface area contributed by atoms with Gasteiger partial charge in [-0.2, -0.15) is 5.10 Å². The number of nitro groups is 1. The monoisotopic (exact) mass is 387 g/mol. The summed E-state index contributed by atoms with van der Waals surface area (Å²) < 4.78 is 18.7. The van der Waals surface area contributed by atoms with Crippen LogP contribution in [0.3, 0.4) is 0 Å². The van der Waals surface area contributed by atoms with Crippen LogP contribution in [-0.4, -0.2) is 17.0 Å². The Bertz CT molecular complexity index is 1030. The summed E-state index contributed by atoms with van der Waals surface area (Å²) in [6, 6.07) is 12.6. The molecule has 0 spiro atoms. The van der Waals surface area contributed by atoms with Crippen LogP contribution in [0.15, 0.2) is 64.1 Å². The third kappa shape index (κ3) is 4.36. The van der Waals surface area contributed by atoms with Gasteiger partial charge in [0, 0.05) is 23.3 Å². The van der Waals surface area contributed by atoms with Gasteiger partial charge in [-0.25, -0.2) is 9.82 Å². The molecule has 0 radical (unpaired) electrons. The molecule has 9 heteroatoms. The molecule has 3 rings (SSSR count). The van der Waals surface area contributed by atoms with E-state index in [-0.39, 0.29) is 16.3 Å². The molecule has 27 heavy (non-hydrogen) atoms. The third-order valence-corrected chi connectivity index (χ3v) is 3.82. The number of amides is 1. The maximum Gasteiger partial charge on any atom is 0.271 e. The number of hydrogen-bond donors (Lipinski definition) is 1. The second-order valence-electron chi connectivity index (χ2n) is 5.33. The van der Waals surface area contributed by atoms with E-state index in [0.717, 1.165) is 0 Å². The van der Waals surface area contributed by atoms with Crippen LogP contribution in [-0.2, 0) is 0 Å². The summed E-state index contributed by atoms with van der Waals surface area (Å²) in [5.74, 6) is -0.240. The molecular weight excluding hydrogens is 377 g/mol. The Labute approximate surface area is 157 Å². The second kappa shape index (κ2) is 7.79. The molecule has 0 aliphatic carbocycles. The van der Waals surface area contributed by atoms with Crippen LogP contribution in [0.2, 0.25) is 5.02 Å². The van der Waals surface area contributed by atoms with Crippen LogP contribution in [0, 0.1) is 15.9 Å². The summed E-state index contributed by atoms with van der Waals surface area (Å²) in [7, 11) is 0. The van der Waals surface area contributed by atoms with Crippen molar-refractivity contribution < 1.29 is 18.5 Å². The van der Waals surface area contributed by atoms with Crippen molar-refractivity contribution in [3.63, 3.8) is 0 Å². The fraction of sp³-hybridized carbons (Fsp3) is 0. The molecule has 1 aromatic heterocycles. The van der Waals surface area contributed by atoms with E-state index < -0.39 is 16.6 Å². The molecule has 0 aliphatic rings. The number of non-ortho nitro benzene ring substituents is 1. The summed E-state index contributed by atoms with van der Waals surface area (Å²) in [5.41, 5.74) is 2.99. The molecule has 0 saturated heterocycles. The fourth-order valence-electron chi connectivity index (χ4n) is 2.18. The number of hydrogen-bond acceptors (Lipinski definition) is 5. The van der Waals surface area contributed by atoms with Crippen molar-refractivity contribution >= 4 is 29.4 Å². The topological polar surface area (TPSA) is 97.7 Å². The van der Waals surface area contributed by atoms with Crippen molar-refractivity contribution in [2.45, 2.75) is 0 Å². The van der Waals surface area contributed by atoms with Gasteiger partial charge < -0.3 is 4.42 Å². The minimum atomic E-state index is -0.553. The van der Waals surface area contributed by atoms with E-state index in [1.54, 1.807) is 12.1 Å². The fourth-order valence-corrected chi connectivity index (χ4v) is 2.36. The van der Waals surface area contributed by atoms with Crippen LogP contribution in [0.1, 0.15) is 16.1 Å². The highest BCUT2D eigenvalue weighted by Crippen LogP contribution is 2.26. The Hall–Kier alpha value is -3.52. The van der Waals surface area contributed by atoms with Crippen LogP contribution in [0.4, 0.5) is 10.1 Å². The van der Waals surface area contributed by atoms with Gasteiger partial charge in [-0.3, -0.25) is 14.9 Å². The number of furan rings is 1. The highest BCUT2D eigenvalue weighted by molar-refractivity contribution is 6.31. The SMILES string of the molecule is O=C(N/N=C/c1ccc(-c2ccc(F)c(Cl)c2)o1)c1ccc([N+](=O)[O-])cc1. The quantitative estimate of drug-likeness (QED) is 0.398. The van der Waals surface area contributed by atoms with E-state index in [2.05, 4.69) is 10.5 Å². The first-order valence-corrected chi connectivity index (χ1v) is 7.95. The zero-order chi connectivity index (χ0) is 19.4. The number of nitrogens with zero attached hydrogens (tertiary/aromatic N) is 2. The van der Waals surface area contributed by atoms with E-state index in [4.69, 9.17) is 16.0 Å². The predicted molar refractivity (Wildman–Crippen MR) is 97.3 cm³/mol. The van der Waals surface area contributed by atoms with E-state index >= 15 is 0 Å². The largest absolute Gasteiger partial charge is 0.455 e. The molecule has 2 aromatic carbocycles. The summed E-state index contributed by atoms with van der Waals surface area (Å²) in [6.45, 7) is 0. The van der Waals surface area contributed by atoms with Gasteiger partial charge in [-0.1, -0.05) is 11.6 Å². The maximum absolute atomic E-state index is 13.2. The molecule has 0 bridgehead atoms. The van der Waals surface area contributed by atoms with Crippen LogP contribution in [0.5, 0.6) is 0 Å². The Morgan fingerprint density at radius 2 is 1.93 bits per heavy atom. The van der Waals surface area contributed by atoms with Crippen LogP contribution in [0.25, 0.3) is 11.3 Å². The Morgan fingerprint density at radius 1 is 1.19 bits per heavy atom. The summed E-state index contributed by atoms with van der Waals surface area (Å²) in [6.07, 6.45) is 1.29. The Morgan fingerprint density at radius 3 is 2.59 bits per heavy atom. The number of rotatable bonds is 5. The normalized spacial score (nSPS) is 10.9. The Balaban J connectivity index is 1.64. The summed E-state index contributed by atoms with van der Waals surface area (Å²) >= 11 is 5.75. The van der Waals surface area contributed by atoms with Gasteiger partial charge in [-0.15, -0.1) is 0 Å². The average molecular weight is 388 g/mol. The number of halogens is 2. The third-order valence-electron chi connectivity index (χ3n) is 3.53. The Kier molecular flexibility index (Phi) is 5.28. The number of nitrogens with one attached hydrogen (secondary N) is 1. The molecule has 1 amide bonds. The number of carbonyl (C=O) groups excluding carboxylic acids is 1. The van der Waals surface area contributed by atoms with Gasteiger partial charge in [0.25, 0.3) is 11.6 Å². The average Bonchev–Trinajstić information content (AvgIpc) is 3.13. The van der Waals surface area contributed by atoms with Gasteiger partial charge >= 0.3 is 0 Å². The predicted octanol–water partition coefficient (Wildman–Crippen LogP) is 4.41. The highest BCUT2D eigenvalue weighted by Gasteiger charge is 2.09. The molecule has 0 fully saturated rings. The van der Waals surface area contributed by atoms with Crippen molar-refractivity contribution in [3.05, 3.63) is 86.9 Å². The number of carbonyl (C=O) groups is 1. The van der Waals surface area contributed by atoms with E-state index in [1.165, 1.54) is 48.7 Å². The van der Waals surface area contributed by atoms with Crippen LogP contribution >= 0.6 is 11.6 Å². The standard InChI is InChI=1S/C18H11ClFN3O4/c19-15-9-12(3-7-16(15)20)17-8-6-14(27-17)10-21-22-18(24)11-1-4-13(5-2-11)23(25)26/h1-10H,(H,22,24)/b21-10+. The van der Waals surface area contributed by atoms with Gasteiger partial charge in [0.1, 0.15) is 17.3 Å². The molecule has 136 valence electrons. The minimum Gasteiger partial charge on any atom is -0.455 e. The number of hydrazone groups is 1. The lowest BCUT2D eigenvalue weighted by molar-refractivity contribution is -0.384. The molecule has 0 aliphatic heterocycles. The van der Waals surface area contributed by atoms with E-state index in [1.807, 2.05) is 0 Å². The minimum absolute atomic E-state index is 0.0190. The van der Waals surface area contributed by atoms with Crippen LogP contribution < -0.4 is 5.43 Å². The molecule has 1 N–H and O–H groups in total. The zero-order valence-corrected chi connectivity index (χ0v) is 14.3. The van der Waals surface area contributed by atoms with Gasteiger partial charge in [-0.05, 0) is 42.5 Å². The first kappa shape index (κ1) is 18.3. The van der Waals surface area contributed by atoms with E-state index in [0.29, 0.717) is 17.1 Å². The molecule has 7 nitrogen and oxygen atoms in total. The molecule has 0 unspecified atom stereocenters. The number of benzene rings is 2. The van der Waals surface area contributed by atoms with Crippen molar-refractivity contribution in [2.24, 2.45) is 5.10 Å². The molecule has 0 atom stereocenters. The van der Waals surface area contributed by atoms with Crippen molar-refractivity contribution in [3.8, 4) is 11.3 Å². The van der Waals surface area contributed by atoms with Gasteiger partial charge in [0.05, 0.1) is 16.2 Å². The molecule has 3 aromatic rings. The molecule has 1 heterocycles. The highest BCUT2D eigenvalue weighted by atomic mass is 35.5. The maximum atomic E-state index is 13.2. The number of nitro benzene ring substituents is 1. The van der Waals surface area contributed by atoms with Crippen molar-refractivity contribution in [2.75, 3.05) is 0 Å². The lowest BCUT2D eigenvalue weighted by Gasteiger charge is -1.99. The summed E-state index contributed by atoms with van der Waals surface area (Å²) in [4.78, 5) is 22.0. The van der Waals surface area contributed by atoms with E-state index in [9.17, 15) is 19.3 Å². The molecule has 0 saturated carbocycles. The first-order valence-electron chi connectivity index (χ1n) is 7.57. The molecular formula is C18H11ClFN3O4. The van der Waals surface area contributed by atoms with Crippen molar-refractivity contribution in [1.29, 1.82) is 0 Å². The van der Waals surface area contributed by atoms with Gasteiger partial charge in [0.15, 0.2) is 0 Å². The van der Waals surface area contributed by atoms with Crippen molar-refractivity contribution in [1.82, 2.24) is 5.43 Å². The van der Waals surface area contributed by atoms with Gasteiger partial charge in [0.2, 0.25) is 0 Å². The lowest BCUT2D eigenvalue weighted by Crippen LogP contribution is -2.17. The smallest absolute Gasteiger partial charge is 0.271 e. The second-order valence-corrected chi connectivity index (χ2v) is 5.74. The first-order chi connectivity index (χ1) is 12.9. The zero-order valence-electron chi connectivity index (χ0n) is 13.6. The lowest BCUT2D eigenvalue weighted by atomic mass is 10.2.